The van der Waals surface area contributed by atoms with Gasteiger partial charge in [0.15, 0.2) is 0 Å². The molecule has 66 heavy (non-hydrogen) atoms. The Bertz CT molecular complexity index is 3290. The van der Waals surface area contributed by atoms with Crippen molar-refractivity contribution < 1.29 is 25.8 Å². The van der Waals surface area contributed by atoms with Crippen LogP contribution in [0.1, 0.15) is 0 Å². The van der Waals surface area contributed by atoms with Crippen LogP contribution in [-0.2, 0) is 25.8 Å². The van der Waals surface area contributed by atoms with Gasteiger partial charge in [0.25, 0.3) is 0 Å². The van der Waals surface area contributed by atoms with Gasteiger partial charge < -0.3 is 0 Å². The molecule has 0 atom stereocenters. The fraction of sp³-hybridized carbons (Fsp3) is 0.0312. The number of hydrogen-bond acceptors (Lipinski definition) is 0. The van der Waals surface area contributed by atoms with E-state index in [2.05, 4.69) is 268 Å². The largest absolute Gasteiger partial charge is 0.144 e. The molecular weight excluding hydrogens is 975 g/mol. The number of hydrogen-bond donors (Lipinski definition) is 0. The van der Waals surface area contributed by atoms with E-state index in [0.29, 0.717) is 0 Å². The standard InChI is InChI=1S/2C31H21.C2H6Si.Hf/c2*1-2-10-22(11-3-1)25-20-24-14-9-19-30(31(24)21-25)29-17-7-6-16-28(29)27-18-8-13-23-12-4-5-15-26(23)27;1-3-2;/h2*1-21H;1-2H3;/q2*-1;;. The van der Waals surface area contributed by atoms with Crippen LogP contribution in [0.5, 0.6) is 0 Å². The first-order valence-electron chi connectivity index (χ1n) is 22.4. The summed E-state index contributed by atoms with van der Waals surface area (Å²) in [5.41, 5.74) is 15.3. The predicted octanol–water partition coefficient (Wildman–Crippen LogP) is 18.2. The molecule has 0 aliphatic rings. The minimum Gasteiger partial charge on any atom is -0.144 e. The molecule has 314 valence electrons. The second-order valence-electron chi connectivity index (χ2n) is 16.5. The molecule has 12 aromatic carbocycles. The Morgan fingerprint density at radius 3 is 0.924 bits per heavy atom. The van der Waals surface area contributed by atoms with Crippen molar-refractivity contribution in [1.82, 2.24) is 0 Å². The predicted molar refractivity (Wildman–Crippen MR) is 284 cm³/mol. The van der Waals surface area contributed by atoms with Gasteiger partial charge in [0.1, 0.15) is 0 Å². The molecule has 0 aliphatic carbocycles. The Balaban J connectivity index is 0.000000155. The van der Waals surface area contributed by atoms with Gasteiger partial charge >= 0.3 is 0 Å². The average molecular weight is 1020 g/mol. The molecule has 12 rings (SSSR count). The van der Waals surface area contributed by atoms with Crippen molar-refractivity contribution in [3.63, 3.8) is 0 Å². The second-order valence-corrected chi connectivity index (χ2v) is 17.5. The summed E-state index contributed by atoms with van der Waals surface area (Å²) in [6.45, 7) is 4.31. The van der Waals surface area contributed by atoms with Crippen LogP contribution >= 0.6 is 0 Å². The van der Waals surface area contributed by atoms with Crippen molar-refractivity contribution >= 4 is 52.6 Å². The van der Waals surface area contributed by atoms with E-state index in [1.54, 1.807) is 0 Å². The molecule has 0 spiro atoms. The summed E-state index contributed by atoms with van der Waals surface area (Å²) in [5.74, 6) is 0. The summed E-state index contributed by atoms with van der Waals surface area (Å²) in [5, 5.41) is 10.3. The van der Waals surface area contributed by atoms with Gasteiger partial charge in [-0.15, -0.1) is 69.1 Å². The van der Waals surface area contributed by atoms with E-state index >= 15 is 0 Å². The van der Waals surface area contributed by atoms with E-state index in [-0.39, 0.29) is 25.8 Å². The van der Waals surface area contributed by atoms with Gasteiger partial charge in [0, 0.05) is 35.4 Å². The summed E-state index contributed by atoms with van der Waals surface area (Å²) in [7, 11) is 1.08. The third-order valence-electron chi connectivity index (χ3n) is 12.3. The van der Waals surface area contributed by atoms with Crippen LogP contribution < -0.4 is 0 Å². The van der Waals surface area contributed by atoms with Crippen molar-refractivity contribution in [2.75, 3.05) is 0 Å². The van der Waals surface area contributed by atoms with E-state index in [1.165, 1.54) is 110 Å². The maximum absolute atomic E-state index is 2.33. The first kappa shape index (κ1) is 44.2. The van der Waals surface area contributed by atoms with Crippen LogP contribution in [0.4, 0.5) is 0 Å². The molecular formula is C64H48HfSi-2. The van der Waals surface area contributed by atoms with Crippen LogP contribution in [0.25, 0.3) is 110 Å². The fourth-order valence-electron chi connectivity index (χ4n) is 9.36. The molecule has 0 heterocycles. The van der Waals surface area contributed by atoms with E-state index in [0.717, 1.165) is 9.52 Å². The van der Waals surface area contributed by atoms with Crippen LogP contribution in [0.3, 0.4) is 0 Å². The first-order valence-corrected chi connectivity index (χ1v) is 24.4. The molecule has 0 aromatic heterocycles. The van der Waals surface area contributed by atoms with Crippen molar-refractivity contribution in [2.24, 2.45) is 0 Å². The normalized spacial score (nSPS) is 10.8. The molecule has 2 heteroatoms. The Hall–Kier alpha value is -6.97. The molecule has 0 amide bonds. The zero-order chi connectivity index (χ0) is 44.0. The molecule has 0 bridgehead atoms. The molecule has 0 N–H and O–H groups in total. The Kier molecular flexibility index (Phi) is 13.7. The van der Waals surface area contributed by atoms with E-state index in [1.807, 2.05) is 0 Å². The van der Waals surface area contributed by atoms with Crippen molar-refractivity contribution in [2.45, 2.75) is 13.1 Å². The van der Waals surface area contributed by atoms with Crippen molar-refractivity contribution in [3.05, 3.63) is 255 Å². The summed E-state index contributed by atoms with van der Waals surface area (Å²) >= 11 is 0. The number of benzene rings is 10. The van der Waals surface area contributed by atoms with E-state index < -0.39 is 0 Å². The average Bonchev–Trinajstić information content (AvgIpc) is 4.03. The number of rotatable bonds is 6. The van der Waals surface area contributed by atoms with Gasteiger partial charge in [0.2, 0.25) is 0 Å². The topological polar surface area (TPSA) is 0 Å². The zero-order valence-corrected chi connectivity index (χ0v) is 41.8. The maximum Gasteiger partial charge on any atom is 0.0307 e. The molecule has 0 unspecified atom stereocenters. The maximum atomic E-state index is 2.33. The van der Waals surface area contributed by atoms with Gasteiger partial charge in [-0.05, 0) is 54.9 Å². The smallest absolute Gasteiger partial charge is 0.0307 e. The van der Waals surface area contributed by atoms with Gasteiger partial charge in [-0.2, -0.15) is 0 Å². The third kappa shape index (κ3) is 9.00. The van der Waals surface area contributed by atoms with Gasteiger partial charge in [-0.1, -0.05) is 254 Å². The summed E-state index contributed by atoms with van der Waals surface area (Å²) in [6.07, 6.45) is 0. The van der Waals surface area contributed by atoms with E-state index in [9.17, 15) is 0 Å². The minimum absolute atomic E-state index is 0. The van der Waals surface area contributed by atoms with Crippen LogP contribution in [-0.4, -0.2) is 9.52 Å². The molecule has 0 saturated carbocycles. The van der Waals surface area contributed by atoms with Crippen molar-refractivity contribution in [3.8, 4) is 66.8 Å². The summed E-state index contributed by atoms with van der Waals surface area (Å²) in [6, 6.07) is 91.8. The SMILES string of the molecule is C[Si]C.[Hf].c1ccc(-c2cc3c(-c4ccccc4-c4cccc5ccccc45)cccc3[cH-]2)cc1.c1ccc(-c2cc3c(-c4ccccc4-c4cccc5ccccc45)cccc3[cH-]2)cc1. The molecule has 0 saturated heterocycles. The van der Waals surface area contributed by atoms with Crippen LogP contribution in [0.2, 0.25) is 13.1 Å². The second kappa shape index (κ2) is 20.5. The Morgan fingerprint density at radius 1 is 0.273 bits per heavy atom. The first-order chi connectivity index (χ1) is 32.2. The monoisotopic (exact) mass is 1020 g/mol. The zero-order valence-electron chi connectivity index (χ0n) is 37.2. The summed E-state index contributed by atoms with van der Waals surface area (Å²) in [4.78, 5) is 0. The van der Waals surface area contributed by atoms with Crippen molar-refractivity contribution in [1.29, 1.82) is 0 Å². The minimum atomic E-state index is 0. The molecule has 0 fully saturated rings. The van der Waals surface area contributed by atoms with Crippen LogP contribution in [0.15, 0.2) is 255 Å². The molecule has 0 nitrogen and oxygen atoms in total. The molecule has 0 aliphatic heterocycles. The van der Waals surface area contributed by atoms with Gasteiger partial charge in [-0.3, -0.25) is 0 Å². The summed E-state index contributed by atoms with van der Waals surface area (Å²) < 4.78 is 0. The third-order valence-corrected chi connectivity index (χ3v) is 12.3. The number of fused-ring (bicyclic) bond motifs is 4. The van der Waals surface area contributed by atoms with Gasteiger partial charge in [0.05, 0.1) is 0 Å². The fourth-order valence-corrected chi connectivity index (χ4v) is 9.36. The van der Waals surface area contributed by atoms with E-state index in [4.69, 9.17) is 0 Å². The Labute approximate surface area is 410 Å². The molecule has 2 radical (unpaired) electrons. The van der Waals surface area contributed by atoms with Gasteiger partial charge in [-0.25, -0.2) is 0 Å². The quantitative estimate of drug-likeness (QED) is 0.115. The molecule has 12 aromatic rings. The Morgan fingerprint density at radius 2 is 0.545 bits per heavy atom. The van der Waals surface area contributed by atoms with Crippen LogP contribution in [0, 0.1) is 0 Å².